The third-order valence-electron chi connectivity index (χ3n) is 4.19. The van der Waals surface area contributed by atoms with E-state index < -0.39 is 28.8 Å². The molecular formula is C19H14F4N2O4S. The van der Waals surface area contributed by atoms with Crippen molar-refractivity contribution in [3.63, 3.8) is 0 Å². The Balaban J connectivity index is 2.44. The van der Waals surface area contributed by atoms with Gasteiger partial charge >= 0.3 is 11.9 Å². The third-order valence-corrected chi connectivity index (χ3v) is 5.32. The highest BCUT2D eigenvalue weighted by Crippen LogP contribution is 2.45. The second kappa shape index (κ2) is 8.27. The molecule has 0 saturated heterocycles. The molecule has 0 aliphatic carbocycles. The predicted octanol–water partition coefficient (Wildman–Crippen LogP) is 4.18. The maximum absolute atomic E-state index is 13.9. The first-order valence-corrected chi connectivity index (χ1v) is 9.30. The number of hydrogen-bond donors (Lipinski definition) is 3. The normalized spacial score (nSPS) is 12.4. The van der Waals surface area contributed by atoms with Crippen LogP contribution in [0.3, 0.4) is 0 Å². The fourth-order valence-electron chi connectivity index (χ4n) is 2.84. The zero-order valence-corrected chi connectivity index (χ0v) is 16.1. The average molecular weight is 442 g/mol. The van der Waals surface area contributed by atoms with Crippen LogP contribution in [0.1, 0.15) is 5.56 Å². The zero-order valence-electron chi connectivity index (χ0n) is 15.3. The summed E-state index contributed by atoms with van der Waals surface area (Å²) in [7, 11) is 1.26. The van der Waals surface area contributed by atoms with Crippen LogP contribution in [0.15, 0.2) is 56.8 Å². The van der Waals surface area contributed by atoms with Crippen molar-refractivity contribution in [3.8, 4) is 11.1 Å². The topological polar surface area (TPSA) is 95.2 Å². The number of halogens is 4. The number of aliphatic hydroxyl groups is 1. The van der Waals surface area contributed by atoms with E-state index in [-0.39, 0.29) is 38.4 Å². The van der Waals surface area contributed by atoms with Crippen molar-refractivity contribution >= 4 is 22.7 Å². The van der Waals surface area contributed by atoms with Gasteiger partial charge in [0.05, 0.1) is 29.3 Å². The number of hydrogen-bond acceptors (Lipinski definition) is 5. The summed E-state index contributed by atoms with van der Waals surface area (Å²) in [6, 6.07) is 4.98. The minimum absolute atomic E-state index is 0.0289. The van der Waals surface area contributed by atoms with Gasteiger partial charge in [0, 0.05) is 10.5 Å². The van der Waals surface area contributed by atoms with Crippen molar-refractivity contribution in [1.29, 1.82) is 0 Å². The number of fused-ring (bicyclic) bond motifs is 1. The molecule has 0 aliphatic heterocycles. The lowest BCUT2D eigenvalue weighted by Crippen LogP contribution is -2.23. The van der Waals surface area contributed by atoms with Crippen LogP contribution in [-0.4, -0.2) is 27.9 Å². The Morgan fingerprint density at radius 3 is 2.43 bits per heavy atom. The molecule has 3 aromatic rings. The molecule has 6 nitrogen and oxygen atoms in total. The Hall–Kier alpha value is -3.21. The first-order chi connectivity index (χ1) is 14.2. The highest BCUT2D eigenvalue weighted by atomic mass is 32.2. The maximum atomic E-state index is 13.9. The monoisotopic (exact) mass is 442 g/mol. The maximum Gasteiger partial charge on any atom is 0.417 e. The lowest BCUT2D eigenvalue weighted by atomic mass is 9.97. The summed E-state index contributed by atoms with van der Waals surface area (Å²) in [6.45, 7) is 0. The summed E-state index contributed by atoms with van der Waals surface area (Å²) in [5.74, 6) is -0.702. The van der Waals surface area contributed by atoms with E-state index in [2.05, 4.69) is 4.98 Å². The molecule has 0 atom stereocenters. The number of ether oxygens (including phenoxy) is 1. The number of aromatic amines is 2. The quantitative estimate of drug-likeness (QED) is 0.313. The largest absolute Gasteiger partial charge is 0.512 e. The molecule has 11 heteroatoms. The molecule has 0 fully saturated rings. The fraction of sp³-hybridized carbons (Fsp3) is 0.158. The van der Waals surface area contributed by atoms with Crippen molar-refractivity contribution in [3.05, 3.63) is 74.6 Å². The number of alkyl halides is 3. The van der Waals surface area contributed by atoms with E-state index in [1.54, 1.807) is 0 Å². The Labute approximate surface area is 170 Å². The number of thioether (sulfide) groups is 1. The van der Waals surface area contributed by atoms with Gasteiger partial charge in [-0.15, -0.1) is 11.8 Å². The van der Waals surface area contributed by atoms with Gasteiger partial charge in [-0.3, -0.25) is 9.78 Å². The van der Waals surface area contributed by atoms with Crippen LogP contribution in [0.25, 0.3) is 22.0 Å². The van der Waals surface area contributed by atoms with E-state index in [4.69, 9.17) is 4.74 Å². The SMILES string of the molecule is CO/C(=C\O)CSc1c(-c2ccc(F)cc2)c(C(F)(F)F)cc2c(=O)[nH]c(=O)[nH]c12. The van der Waals surface area contributed by atoms with Gasteiger partial charge in [0.15, 0.2) is 0 Å². The van der Waals surface area contributed by atoms with Crippen LogP contribution in [0, 0.1) is 5.82 Å². The lowest BCUT2D eigenvalue weighted by Gasteiger charge is -2.19. The molecule has 3 N–H and O–H groups in total. The number of aliphatic hydroxyl groups excluding tert-OH is 1. The zero-order chi connectivity index (χ0) is 22.1. The molecule has 2 aromatic carbocycles. The summed E-state index contributed by atoms with van der Waals surface area (Å²) in [5, 5.41) is 8.80. The smallest absolute Gasteiger partial charge is 0.417 e. The molecule has 3 rings (SSSR count). The predicted molar refractivity (Wildman–Crippen MR) is 104 cm³/mol. The molecule has 0 radical (unpaired) electrons. The van der Waals surface area contributed by atoms with Gasteiger partial charge in [0.1, 0.15) is 17.8 Å². The van der Waals surface area contributed by atoms with Crippen LogP contribution >= 0.6 is 11.8 Å². The molecule has 1 heterocycles. The van der Waals surface area contributed by atoms with E-state index >= 15 is 0 Å². The number of benzene rings is 2. The number of aromatic nitrogens is 2. The van der Waals surface area contributed by atoms with Crippen molar-refractivity contribution in [1.82, 2.24) is 9.97 Å². The van der Waals surface area contributed by atoms with Crippen molar-refractivity contribution in [2.24, 2.45) is 0 Å². The average Bonchev–Trinajstić information content (AvgIpc) is 2.68. The van der Waals surface area contributed by atoms with Crippen LogP contribution in [-0.2, 0) is 10.9 Å². The number of nitrogens with one attached hydrogen (secondary N) is 2. The van der Waals surface area contributed by atoms with E-state index in [0.29, 0.717) is 12.3 Å². The van der Waals surface area contributed by atoms with Crippen molar-refractivity contribution < 1.29 is 27.4 Å². The molecule has 0 spiro atoms. The van der Waals surface area contributed by atoms with Crippen molar-refractivity contribution in [2.45, 2.75) is 11.1 Å². The highest BCUT2D eigenvalue weighted by Gasteiger charge is 2.36. The van der Waals surface area contributed by atoms with Crippen LogP contribution in [0.5, 0.6) is 0 Å². The molecular weight excluding hydrogens is 428 g/mol. The van der Waals surface area contributed by atoms with Gasteiger partial charge in [-0.05, 0) is 23.8 Å². The van der Waals surface area contributed by atoms with E-state index in [9.17, 15) is 32.3 Å². The number of H-pyrrole nitrogens is 2. The minimum atomic E-state index is -4.85. The van der Waals surface area contributed by atoms with Crippen LogP contribution in [0.2, 0.25) is 0 Å². The first kappa shape index (κ1) is 21.5. The molecule has 0 aliphatic rings. The molecule has 0 bridgehead atoms. The summed E-state index contributed by atoms with van der Waals surface area (Å²) in [6.07, 6.45) is -4.21. The van der Waals surface area contributed by atoms with Crippen LogP contribution in [0.4, 0.5) is 17.6 Å². The van der Waals surface area contributed by atoms with E-state index in [1.165, 1.54) is 19.2 Å². The standard InChI is InChI=1S/C19H14F4N2O4S/c1-29-11(7-26)8-30-16-14(9-2-4-10(20)5-3-9)13(19(21,22)23)6-12-15(16)24-18(28)25-17(12)27/h2-7,26H,8H2,1H3,(H2,24,25,27,28)/b11-7-. The second-order valence-corrected chi connectivity index (χ2v) is 7.04. The molecule has 30 heavy (non-hydrogen) atoms. The van der Waals surface area contributed by atoms with E-state index in [0.717, 1.165) is 23.9 Å². The Morgan fingerprint density at radius 2 is 1.87 bits per heavy atom. The second-order valence-electron chi connectivity index (χ2n) is 6.05. The summed E-state index contributed by atoms with van der Waals surface area (Å²) < 4.78 is 60.0. The van der Waals surface area contributed by atoms with Gasteiger partial charge in [-0.2, -0.15) is 13.2 Å². The molecule has 158 valence electrons. The van der Waals surface area contributed by atoms with Gasteiger partial charge in [0.2, 0.25) is 0 Å². The Bertz CT molecular complexity index is 1230. The Kier molecular flexibility index (Phi) is 5.92. The van der Waals surface area contributed by atoms with Gasteiger partial charge in [0.25, 0.3) is 5.56 Å². The van der Waals surface area contributed by atoms with Crippen LogP contribution < -0.4 is 11.2 Å². The highest BCUT2D eigenvalue weighted by molar-refractivity contribution is 7.99. The van der Waals surface area contributed by atoms with Crippen molar-refractivity contribution in [2.75, 3.05) is 12.9 Å². The summed E-state index contributed by atoms with van der Waals surface area (Å²) in [5.41, 5.74) is -3.45. The van der Waals surface area contributed by atoms with E-state index in [1.807, 2.05) is 4.98 Å². The first-order valence-electron chi connectivity index (χ1n) is 8.32. The van der Waals surface area contributed by atoms with Gasteiger partial charge in [-0.1, -0.05) is 12.1 Å². The third kappa shape index (κ3) is 4.20. The molecule has 0 amide bonds. The Morgan fingerprint density at radius 1 is 1.20 bits per heavy atom. The fourth-order valence-corrected chi connectivity index (χ4v) is 4.00. The van der Waals surface area contributed by atoms with Gasteiger partial charge in [-0.25, -0.2) is 9.18 Å². The molecule has 0 unspecified atom stereocenters. The van der Waals surface area contributed by atoms with Gasteiger partial charge < -0.3 is 14.8 Å². The number of methoxy groups -OCH3 is 1. The summed E-state index contributed by atoms with van der Waals surface area (Å²) in [4.78, 5) is 28.2. The summed E-state index contributed by atoms with van der Waals surface area (Å²) >= 11 is 0.811. The molecule has 0 saturated carbocycles. The molecule has 1 aromatic heterocycles. The number of rotatable bonds is 5. The minimum Gasteiger partial charge on any atom is -0.512 e. The lowest BCUT2D eigenvalue weighted by molar-refractivity contribution is -0.137.